The molecule has 1 saturated heterocycles. The maximum Gasteiger partial charge on any atom is 0.226 e. The Kier molecular flexibility index (Phi) is 5.67. The average Bonchev–Trinajstić information content (AvgIpc) is 3.44. The van der Waals surface area contributed by atoms with Crippen LogP contribution in [0.2, 0.25) is 10.0 Å². The molecule has 2 aromatic carbocycles. The van der Waals surface area contributed by atoms with E-state index in [9.17, 15) is 4.79 Å². The molecule has 1 aromatic heterocycles. The summed E-state index contributed by atoms with van der Waals surface area (Å²) in [6.45, 7) is 0.772. The SMILES string of the molecule is O=C1[C@@H](Cc2nnn[nH]2)CC(c2cccc(Cl)c2)C(c2ccc(Cl)cc2)N1CC1CC1. The minimum atomic E-state index is -0.193. The smallest absolute Gasteiger partial charge is 0.226 e. The molecule has 0 spiro atoms. The topological polar surface area (TPSA) is 74.8 Å². The monoisotopic (exact) mass is 455 g/mol. The van der Waals surface area contributed by atoms with Gasteiger partial charge in [0.05, 0.1) is 6.04 Å². The van der Waals surface area contributed by atoms with Crippen LogP contribution in [-0.2, 0) is 11.2 Å². The number of amides is 1. The Bertz CT molecular complexity index is 1050. The average molecular weight is 456 g/mol. The van der Waals surface area contributed by atoms with Gasteiger partial charge in [0.25, 0.3) is 0 Å². The molecule has 0 radical (unpaired) electrons. The predicted molar refractivity (Wildman–Crippen MR) is 119 cm³/mol. The van der Waals surface area contributed by atoms with E-state index >= 15 is 0 Å². The van der Waals surface area contributed by atoms with Crippen LogP contribution in [-0.4, -0.2) is 38.0 Å². The third-order valence-electron chi connectivity index (χ3n) is 6.36. The summed E-state index contributed by atoms with van der Waals surface area (Å²) < 4.78 is 0. The van der Waals surface area contributed by atoms with E-state index in [2.05, 4.69) is 31.6 Å². The lowest BCUT2D eigenvalue weighted by Crippen LogP contribution is -2.48. The number of hydrogen-bond acceptors (Lipinski definition) is 4. The minimum absolute atomic E-state index is 0.0621. The number of carbonyl (C=O) groups excluding carboxylic acids is 1. The number of carbonyl (C=O) groups is 1. The van der Waals surface area contributed by atoms with Crippen molar-refractivity contribution in [1.29, 1.82) is 0 Å². The van der Waals surface area contributed by atoms with Crippen molar-refractivity contribution in [1.82, 2.24) is 25.5 Å². The zero-order valence-corrected chi connectivity index (χ0v) is 18.4. The summed E-state index contributed by atoms with van der Waals surface area (Å²) in [5, 5.41) is 15.6. The van der Waals surface area contributed by atoms with Crippen LogP contribution in [0.5, 0.6) is 0 Å². The number of tetrazole rings is 1. The van der Waals surface area contributed by atoms with Crippen LogP contribution in [0.15, 0.2) is 48.5 Å². The van der Waals surface area contributed by atoms with E-state index in [1.807, 2.05) is 42.5 Å². The molecule has 1 aliphatic carbocycles. The van der Waals surface area contributed by atoms with E-state index in [1.165, 1.54) is 12.8 Å². The summed E-state index contributed by atoms with van der Waals surface area (Å²) in [7, 11) is 0. The summed E-state index contributed by atoms with van der Waals surface area (Å²) in [6, 6.07) is 15.8. The summed E-state index contributed by atoms with van der Waals surface area (Å²) in [6.07, 6.45) is 3.55. The molecule has 1 saturated carbocycles. The van der Waals surface area contributed by atoms with E-state index in [0.29, 0.717) is 34.6 Å². The molecule has 2 heterocycles. The molecule has 160 valence electrons. The van der Waals surface area contributed by atoms with Crippen molar-refractivity contribution in [3.63, 3.8) is 0 Å². The normalized spacial score (nSPS) is 23.9. The predicted octanol–water partition coefficient (Wildman–Crippen LogP) is 4.83. The molecule has 3 atom stereocenters. The van der Waals surface area contributed by atoms with Gasteiger partial charge in [0.1, 0.15) is 5.82 Å². The number of piperidine rings is 1. The minimum Gasteiger partial charge on any atom is -0.335 e. The zero-order chi connectivity index (χ0) is 21.4. The van der Waals surface area contributed by atoms with Gasteiger partial charge in [-0.05, 0) is 71.0 Å². The van der Waals surface area contributed by atoms with Gasteiger partial charge in [-0.15, -0.1) is 5.10 Å². The van der Waals surface area contributed by atoms with Gasteiger partial charge in [0.2, 0.25) is 5.91 Å². The number of aromatic amines is 1. The molecule has 2 aliphatic rings. The van der Waals surface area contributed by atoms with Crippen molar-refractivity contribution in [3.8, 4) is 0 Å². The highest BCUT2D eigenvalue weighted by Crippen LogP contribution is 2.47. The highest BCUT2D eigenvalue weighted by atomic mass is 35.5. The van der Waals surface area contributed by atoms with Crippen LogP contribution >= 0.6 is 23.2 Å². The lowest BCUT2D eigenvalue weighted by atomic mass is 9.74. The van der Waals surface area contributed by atoms with Gasteiger partial charge in [-0.1, -0.05) is 47.5 Å². The Labute approximate surface area is 190 Å². The molecular weight excluding hydrogens is 433 g/mol. The molecular formula is C23H23Cl2N5O. The van der Waals surface area contributed by atoms with Crippen LogP contribution in [0.1, 0.15) is 48.2 Å². The Morgan fingerprint density at radius 2 is 1.84 bits per heavy atom. The second-order valence-electron chi connectivity index (χ2n) is 8.58. The fourth-order valence-corrected chi connectivity index (χ4v) is 5.03. The van der Waals surface area contributed by atoms with Crippen LogP contribution in [0.25, 0.3) is 0 Å². The lowest BCUT2D eigenvalue weighted by Gasteiger charge is -2.45. The second-order valence-corrected chi connectivity index (χ2v) is 9.45. The number of H-pyrrole nitrogens is 1. The largest absolute Gasteiger partial charge is 0.335 e. The first-order valence-electron chi connectivity index (χ1n) is 10.6. The Hall–Kier alpha value is -2.44. The molecule has 1 amide bonds. The van der Waals surface area contributed by atoms with Crippen molar-refractivity contribution in [2.75, 3.05) is 6.54 Å². The van der Waals surface area contributed by atoms with Crippen molar-refractivity contribution in [3.05, 3.63) is 75.5 Å². The van der Waals surface area contributed by atoms with Crippen molar-refractivity contribution in [2.45, 2.75) is 37.6 Å². The van der Waals surface area contributed by atoms with E-state index in [0.717, 1.165) is 17.7 Å². The maximum atomic E-state index is 13.7. The number of likely N-dealkylation sites (tertiary alicyclic amines) is 1. The van der Waals surface area contributed by atoms with Gasteiger partial charge in [-0.25, -0.2) is 5.10 Å². The van der Waals surface area contributed by atoms with Crippen LogP contribution in [0.3, 0.4) is 0 Å². The summed E-state index contributed by atoms with van der Waals surface area (Å²) in [5.41, 5.74) is 2.24. The molecule has 31 heavy (non-hydrogen) atoms. The summed E-state index contributed by atoms with van der Waals surface area (Å²) >= 11 is 12.5. The third-order valence-corrected chi connectivity index (χ3v) is 6.84. The maximum absolute atomic E-state index is 13.7. The Balaban J connectivity index is 1.57. The van der Waals surface area contributed by atoms with Gasteiger partial charge in [-0.2, -0.15) is 0 Å². The molecule has 2 unspecified atom stereocenters. The highest BCUT2D eigenvalue weighted by molar-refractivity contribution is 6.30. The standard InChI is InChI=1S/C23H23Cl2N5O/c24-18-8-6-15(7-9-18)22-20(16-2-1-3-19(25)10-16)11-17(12-21-26-28-29-27-21)23(31)30(22)13-14-4-5-14/h1-3,6-10,14,17,20,22H,4-5,11-13H2,(H,26,27,28,29)/t17-,20?,22?/m1/s1. The first-order valence-corrected chi connectivity index (χ1v) is 11.4. The summed E-state index contributed by atoms with van der Waals surface area (Å²) in [5.74, 6) is 1.30. The van der Waals surface area contributed by atoms with Crippen LogP contribution in [0.4, 0.5) is 0 Å². The van der Waals surface area contributed by atoms with Crippen molar-refractivity contribution >= 4 is 29.1 Å². The van der Waals surface area contributed by atoms with E-state index in [-0.39, 0.29) is 23.8 Å². The molecule has 2 fully saturated rings. The highest BCUT2D eigenvalue weighted by Gasteiger charge is 2.44. The van der Waals surface area contributed by atoms with E-state index in [1.54, 1.807) is 0 Å². The molecule has 1 N–H and O–H groups in total. The number of aromatic nitrogens is 4. The second kappa shape index (κ2) is 8.60. The van der Waals surface area contributed by atoms with Gasteiger partial charge in [0.15, 0.2) is 0 Å². The van der Waals surface area contributed by atoms with Crippen LogP contribution in [0, 0.1) is 11.8 Å². The van der Waals surface area contributed by atoms with Gasteiger partial charge < -0.3 is 4.90 Å². The van der Waals surface area contributed by atoms with Crippen molar-refractivity contribution in [2.24, 2.45) is 11.8 Å². The number of halogens is 2. The summed E-state index contributed by atoms with van der Waals surface area (Å²) in [4.78, 5) is 15.8. The molecule has 1 aliphatic heterocycles. The Morgan fingerprint density at radius 1 is 1.03 bits per heavy atom. The molecule has 8 heteroatoms. The van der Waals surface area contributed by atoms with E-state index < -0.39 is 0 Å². The van der Waals surface area contributed by atoms with Crippen molar-refractivity contribution < 1.29 is 4.79 Å². The lowest BCUT2D eigenvalue weighted by molar-refractivity contribution is -0.143. The fourth-order valence-electron chi connectivity index (χ4n) is 4.70. The number of rotatable bonds is 6. The molecule has 3 aromatic rings. The number of hydrogen-bond donors (Lipinski definition) is 1. The first-order chi connectivity index (χ1) is 15.1. The number of nitrogens with zero attached hydrogens (tertiary/aromatic N) is 4. The van der Waals surface area contributed by atoms with Gasteiger partial charge >= 0.3 is 0 Å². The quantitative estimate of drug-likeness (QED) is 0.577. The van der Waals surface area contributed by atoms with Crippen LogP contribution < -0.4 is 0 Å². The molecule has 0 bridgehead atoms. The van der Waals surface area contributed by atoms with E-state index in [4.69, 9.17) is 23.2 Å². The van der Waals surface area contributed by atoms with Gasteiger partial charge in [-0.3, -0.25) is 4.79 Å². The zero-order valence-electron chi connectivity index (χ0n) is 16.9. The molecule has 5 rings (SSSR count). The number of nitrogens with one attached hydrogen (secondary N) is 1. The third kappa shape index (κ3) is 4.46. The van der Waals surface area contributed by atoms with Gasteiger partial charge in [0, 0.05) is 34.8 Å². The fraction of sp³-hybridized carbons (Fsp3) is 0.391. The number of benzene rings is 2. The Morgan fingerprint density at radius 3 is 2.52 bits per heavy atom. The first kappa shape index (κ1) is 20.5. The molecule has 6 nitrogen and oxygen atoms in total.